The highest BCUT2D eigenvalue weighted by Gasteiger charge is 2.48. The fourth-order valence-corrected chi connectivity index (χ4v) is 4.75. The van der Waals surface area contributed by atoms with Crippen LogP contribution in [0.5, 0.6) is 0 Å². The summed E-state index contributed by atoms with van der Waals surface area (Å²) in [5.41, 5.74) is 8.17. The summed E-state index contributed by atoms with van der Waals surface area (Å²) in [7, 11) is 0. The summed E-state index contributed by atoms with van der Waals surface area (Å²) >= 11 is 3.21. The molecule has 2 aromatic rings. The van der Waals surface area contributed by atoms with Crippen LogP contribution in [0.2, 0.25) is 0 Å². The van der Waals surface area contributed by atoms with E-state index in [1.807, 2.05) is 23.1 Å². The molecule has 4 N–H and O–H groups in total. The number of carboxylic acid groups (broad SMARTS) is 1. The van der Waals surface area contributed by atoms with Gasteiger partial charge in [-0.1, -0.05) is 24.3 Å². The minimum absolute atomic E-state index is 0.181. The number of piperidine rings is 1. The molecule has 1 atom stereocenters. The molecule has 2 aliphatic rings. The van der Waals surface area contributed by atoms with Crippen LogP contribution in [0.3, 0.4) is 0 Å². The van der Waals surface area contributed by atoms with Crippen LogP contribution in [-0.4, -0.2) is 34.3 Å². The van der Waals surface area contributed by atoms with Crippen molar-refractivity contribution in [1.29, 1.82) is 5.26 Å². The quantitative estimate of drug-likeness (QED) is 0.651. The van der Waals surface area contributed by atoms with Crippen molar-refractivity contribution >= 4 is 33.7 Å². The number of nitriles is 1. The van der Waals surface area contributed by atoms with Gasteiger partial charge in [0.15, 0.2) is 17.3 Å². The van der Waals surface area contributed by atoms with Gasteiger partial charge >= 0.3 is 6.09 Å². The molecule has 0 radical (unpaired) electrons. The highest BCUT2D eigenvalue weighted by Crippen LogP contribution is 2.52. The molecule has 1 aliphatic heterocycles. The zero-order valence-electron chi connectivity index (χ0n) is 15.0. The minimum Gasteiger partial charge on any atom is -0.465 e. The Labute approximate surface area is 170 Å². The molecule has 1 amide bonds. The van der Waals surface area contributed by atoms with Crippen LogP contribution >= 0.6 is 15.9 Å². The normalized spacial score (nSPS) is 19.9. The van der Waals surface area contributed by atoms with Crippen molar-refractivity contribution < 1.29 is 9.90 Å². The molecule has 8 nitrogen and oxygen atoms in total. The molecule has 144 valence electrons. The summed E-state index contributed by atoms with van der Waals surface area (Å²) in [6.45, 7) is 1.30. The van der Waals surface area contributed by atoms with Crippen molar-refractivity contribution in [1.82, 2.24) is 15.3 Å². The molecule has 0 unspecified atom stereocenters. The third-order valence-electron chi connectivity index (χ3n) is 5.81. The average molecular weight is 443 g/mol. The number of nitrogens with two attached hydrogens (primary N) is 1. The van der Waals surface area contributed by atoms with E-state index >= 15 is 0 Å². The van der Waals surface area contributed by atoms with Crippen LogP contribution < -0.4 is 16.0 Å². The van der Waals surface area contributed by atoms with Gasteiger partial charge in [0.1, 0.15) is 10.7 Å². The highest BCUT2D eigenvalue weighted by molar-refractivity contribution is 9.10. The molecule has 1 fully saturated rings. The topological polar surface area (TPSA) is 128 Å². The standard InChI is InChI=1S/C19H19BrN6O2/c20-15-16(22)25-17(13(10-21)23-15)26-7-5-19(6-8-26)9-11-3-1-2-4-12(11)14(19)24-18(27)28/h1-4,14,24H,5-9H2,(H2,22,25)(H,27,28)/t14-/m0/s1. The van der Waals surface area contributed by atoms with Crippen LogP contribution in [0.25, 0.3) is 0 Å². The molecule has 1 aromatic carbocycles. The second-order valence-electron chi connectivity index (χ2n) is 7.29. The van der Waals surface area contributed by atoms with E-state index in [0.717, 1.165) is 24.8 Å². The van der Waals surface area contributed by atoms with Crippen LogP contribution in [0.15, 0.2) is 28.9 Å². The fraction of sp³-hybridized carbons (Fsp3) is 0.368. The first-order valence-electron chi connectivity index (χ1n) is 8.99. The third-order valence-corrected chi connectivity index (χ3v) is 6.40. The second kappa shape index (κ2) is 6.95. The Kier molecular flexibility index (Phi) is 4.59. The number of nitrogens with zero attached hydrogens (tertiary/aromatic N) is 4. The molecular weight excluding hydrogens is 424 g/mol. The Morgan fingerprint density at radius 2 is 2.07 bits per heavy atom. The smallest absolute Gasteiger partial charge is 0.405 e. The van der Waals surface area contributed by atoms with E-state index in [-0.39, 0.29) is 23.0 Å². The van der Waals surface area contributed by atoms with Gasteiger partial charge in [0.05, 0.1) is 6.04 Å². The molecule has 0 bridgehead atoms. The fourth-order valence-electron chi connectivity index (χ4n) is 4.49. The van der Waals surface area contributed by atoms with Gasteiger partial charge < -0.3 is 21.1 Å². The third kappa shape index (κ3) is 3.03. The van der Waals surface area contributed by atoms with Crippen molar-refractivity contribution in [3.63, 3.8) is 0 Å². The molecular formula is C19H19BrN6O2. The Balaban J connectivity index is 1.61. The first-order valence-corrected chi connectivity index (χ1v) is 9.78. The summed E-state index contributed by atoms with van der Waals surface area (Å²) in [4.78, 5) is 22.0. The zero-order chi connectivity index (χ0) is 19.9. The number of fused-ring (bicyclic) bond motifs is 1. The van der Waals surface area contributed by atoms with Crippen molar-refractivity contribution in [3.8, 4) is 6.07 Å². The number of amides is 1. The van der Waals surface area contributed by atoms with Gasteiger partial charge in [0, 0.05) is 18.5 Å². The van der Waals surface area contributed by atoms with E-state index in [1.165, 1.54) is 5.56 Å². The molecule has 1 aromatic heterocycles. The summed E-state index contributed by atoms with van der Waals surface area (Å²) < 4.78 is 0.359. The van der Waals surface area contributed by atoms with Gasteiger partial charge in [0.2, 0.25) is 0 Å². The number of hydrogen-bond donors (Lipinski definition) is 3. The van der Waals surface area contributed by atoms with E-state index in [4.69, 9.17) is 5.73 Å². The van der Waals surface area contributed by atoms with Crippen LogP contribution in [0.1, 0.15) is 35.7 Å². The Morgan fingerprint density at radius 1 is 1.36 bits per heavy atom. The highest BCUT2D eigenvalue weighted by atomic mass is 79.9. The van der Waals surface area contributed by atoms with Crippen molar-refractivity contribution in [3.05, 3.63) is 45.7 Å². The first kappa shape index (κ1) is 18.5. The largest absolute Gasteiger partial charge is 0.465 e. The Morgan fingerprint density at radius 3 is 2.75 bits per heavy atom. The van der Waals surface area contributed by atoms with Crippen LogP contribution in [0, 0.1) is 16.7 Å². The van der Waals surface area contributed by atoms with Crippen LogP contribution in [-0.2, 0) is 6.42 Å². The summed E-state index contributed by atoms with van der Waals surface area (Å²) in [6, 6.07) is 9.86. The molecule has 4 rings (SSSR count). The lowest BCUT2D eigenvalue weighted by Gasteiger charge is -2.43. The van der Waals surface area contributed by atoms with E-state index in [1.54, 1.807) is 0 Å². The lowest BCUT2D eigenvalue weighted by atomic mass is 9.72. The maximum Gasteiger partial charge on any atom is 0.405 e. The molecule has 2 heterocycles. The molecule has 9 heteroatoms. The van der Waals surface area contributed by atoms with Crippen molar-refractivity contribution in [2.45, 2.75) is 25.3 Å². The predicted molar refractivity (Wildman–Crippen MR) is 107 cm³/mol. The van der Waals surface area contributed by atoms with Crippen LogP contribution in [0.4, 0.5) is 16.4 Å². The Bertz CT molecular complexity index is 981. The number of nitrogens with one attached hydrogen (secondary N) is 1. The number of nitrogen functional groups attached to an aromatic ring is 1. The molecule has 1 saturated heterocycles. The van der Waals surface area contributed by atoms with E-state index in [2.05, 4.69) is 43.4 Å². The monoisotopic (exact) mass is 442 g/mol. The number of carbonyl (C=O) groups is 1. The lowest BCUT2D eigenvalue weighted by Crippen LogP contribution is -2.47. The van der Waals surface area contributed by atoms with Gasteiger partial charge in [-0.15, -0.1) is 0 Å². The number of benzene rings is 1. The van der Waals surface area contributed by atoms with Gasteiger partial charge in [-0.05, 0) is 46.3 Å². The zero-order valence-corrected chi connectivity index (χ0v) is 16.6. The predicted octanol–water partition coefficient (Wildman–Crippen LogP) is 2.84. The van der Waals surface area contributed by atoms with Crippen molar-refractivity contribution in [2.24, 2.45) is 5.41 Å². The SMILES string of the molecule is N#Cc1nc(Br)c(N)nc1N1CCC2(CC1)Cc1ccccc1[C@@H]2NC(=O)O. The maximum atomic E-state index is 11.4. The molecule has 1 spiro atoms. The van der Waals surface area contributed by atoms with Gasteiger partial charge in [0.25, 0.3) is 0 Å². The van der Waals surface area contributed by atoms with E-state index in [9.17, 15) is 15.2 Å². The molecule has 0 saturated carbocycles. The first-order chi connectivity index (χ1) is 13.4. The van der Waals surface area contributed by atoms with E-state index < -0.39 is 6.09 Å². The second-order valence-corrected chi connectivity index (χ2v) is 8.04. The number of halogens is 1. The number of anilines is 2. The minimum atomic E-state index is -1.01. The lowest BCUT2D eigenvalue weighted by molar-refractivity contribution is 0.141. The number of hydrogen-bond acceptors (Lipinski definition) is 6. The summed E-state index contributed by atoms with van der Waals surface area (Å²) in [5, 5.41) is 21.5. The van der Waals surface area contributed by atoms with Gasteiger partial charge in [-0.2, -0.15) is 5.26 Å². The average Bonchev–Trinajstić information content (AvgIpc) is 2.97. The molecule has 28 heavy (non-hydrogen) atoms. The van der Waals surface area contributed by atoms with Crippen molar-refractivity contribution in [2.75, 3.05) is 23.7 Å². The summed E-state index contributed by atoms with van der Waals surface area (Å²) in [5.74, 6) is 0.726. The van der Waals surface area contributed by atoms with Gasteiger partial charge in [-0.3, -0.25) is 0 Å². The maximum absolute atomic E-state index is 11.4. The number of aromatic nitrogens is 2. The van der Waals surface area contributed by atoms with Gasteiger partial charge in [-0.25, -0.2) is 14.8 Å². The summed E-state index contributed by atoms with van der Waals surface area (Å²) in [6.07, 6.45) is 1.37. The molecule has 1 aliphatic carbocycles. The Hall–Kier alpha value is -2.86. The number of rotatable bonds is 2. The van der Waals surface area contributed by atoms with E-state index in [0.29, 0.717) is 23.5 Å².